The van der Waals surface area contributed by atoms with Gasteiger partial charge in [-0.2, -0.15) is 0 Å². The monoisotopic (exact) mass is 481 g/mol. The fraction of sp³-hybridized carbons (Fsp3) is 0.522. The first-order valence-corrected chi connectivity index (χ1v) is 11.1. The lowest BCUT2D eigenvalue weighted by molar-refractivity contribution is -0.139. The summed E-state index contributed by atoms with van der Waals surface area (Å²) in [6, 6.07) is 5.51. The molecule has 0 saturated carbocycles. The van der Waals surface area contributed by atoms with Crippen LogP contribution in [-0.4, -0.2) is 62.9 Å². The summed E-state index contributed by atoms with van der Waals surface area (Å²) < 4.78 is 0. The Morgan fingerprint density at radius 3 is 1.91 bits per heavy atom. The van der Waals surface area contributed by atoms with Gasteiger partial charge >= 0.3 is 17.9 Å². The van der Waals surface area contributed by atoms with Gasteiger partial charge in [0.05, 0.1) is 0 Å². The van der Waals surface area contributed by atoms with Crippen molar-refractivity contribution in [2.45, 2.75) is 64.1 Å². The van der Waals surface area contributed by atoms with E-state index in [0.717, 1.165) is 29.3 Å². The molecule has 0 bridgehead atoms. The number of carboxylic acid groups (broad SMARTS) is 3. The van der Waals surface area contributed by atoms with Crippen LogP contribution in [0.15, 0.2) is 30.5 Å². The van der Waals surface area contributed by atoms with E-state index in [2.05, 4.69) is 4.98 Å². The largest absolute Gasteiger partial charge is 0.480 e. The van der Waals surface area contributed by atoms with E-state index in [9.17, 15) is 14.4 Å². The molecule has 0 amide bonds. The molecule has 0 saturated heterocycles. The lowest BCUT2D eigenvalue weighted by Gasteiger charge is -2.07. The van der Waals surface area contributed by atoms with E-state index < -0.39 is 36.0 Å². The maximum absolute atomic E-state index is 10.6. The van der Waals surface area contributed by atoms with Crippen molar-refractivity contribution < 1.29 is 29.7 Å². The number of carbonyl (C=O) groups is 3. The van der Waals surface area contributed by atoms with Gasteiger partial charge in [-0.1, -0.05) is 38.5 Å². The van der Waals surface area contributed by atoms with Crippen molar-refractivity contribution in [3.63, 3.8) is 0 Å². The maximum Gasteiger partial charge on any atom is 0.320 e. The Bertz CT molecular complexity index is 886. The van der Waals surface area contributed by atoms with Crippen LogP contribution in [0.25, 0.3) is 10.9 Å². The summed E-state index contributed by atoms with van der Waals surface area (Å²) in [6.07, 6.45) is 4.87. The molecule has 0 aliphatic rings. The molecular weight excluding hydrogens is 442 g/mol. The van der Waals surface area contributed by atoms with Gasteiger partial charge in [-0.05, 0) is 43.4 Å². The summed E-state index contributed by atoms with van der Waals surface area (Å²) in [7, 11) is 0. The van der Waals surface area contributed by atoms with Crippen molar-refractivity contribution in [3.8, 4) is 0 Å². The van der Waals surface area contributed by atoms with Crippen LogP contribution in [0, 0.1) is 5.92 Å². The summed E-state index contributed by atoms with van der Waals surface area (Å²) in [5.41, 5.74) is 23.1. The van der Waals surface area contributed by atoms with E-state index in [4.69, 9.17) is 38.3 Å². The number of aromatic nitrogens is 1. The number of unbranched alkanes of at least 4 members (excludes halogenated alkanes) is 1. The highest BCUT2D eigenvalue weighted by molar-refractivity contribution is 5.84. The Hall–Kier alpha value is -2.99. The Balaban J connectivity index is 0.000000507. The van der Waals surface area contributed by atoms with Crippen molar-refractivity contribution in [1.82, 2.24) is 4.98 Å². The van der Waals surface area contributed by atoms with Gasteiger partial charge in [0.2, 0.25) is 0 Å². The van der Waals surface area contributed by atoms with E-state index in [1.54, 1.807) is 0 Å². The second kappa shape index (κ2) is 16.6. The smallest absolute Gasteiger partial charge is 0.320 e. The first kappa shape index (κ1) is 31.0. The fourth-order valence-electron chi connectivity index (χ4n) is 2.87. The summed E-state index contributed by atoms with van der Waals surface area (Å²) in [4.78, 5) is 34.0. The van der Waals surface area contributed by atoms with Gasteiger partial charge in [0, 0.05) is 23.5 Å². The van der Waals surface area contributed by atoms with E-state index in [1.165, 1.54) is 0 Å². The number of carboxylic acids is 3. The lowest BCUT2D eigenvalue weighted by atomic mass is 10.1. The molecule has 0 aliphatic carbocycles. The minimum atomic E-state index is -0.972. The van der Waals surface area contributed by atoms with Crippen LogP contribution in [0.5, 0.6) is 0 Å². The molecule has 0 aliphatic heterocycles. The number of H-pyrrole nitrogens is 1. The quantitative estimate of drug-likeness (QED) is 0.213. The Morgan fingerprint density at radius 2 is 1.44 bits per heavy atom. The van der Waals surface area contributed by atoms with Crippen LogP contribution in [-0.2, 0) is 20.8 Å². The predicted molar refractivity (Wildman–Crippen MR) is 131 cm³/mol. The molecule has 1 aromatic heterocycles. The number of hydrogen-bond donors (Lipinski definition) is 8. The zero-order valence-corrected chi connectivity index (χ0v) is 19.8. The van der Waals surface area contributed by atoms with E-state index in [1.807, 2.05) is 44.3 Å². The van der Waals surface area contributed by atoms with E-state index in [0.29, 0.717) is 31.7 Å². The molecule has 34 heavy (non-hydrogen) atoms. The van der Waals surface area contributed by atoms with Crippen molar-refractivity contribution in [2.75, 3.05) is 6.54 Å². The standard InChI is InChI=1S/C11H12N2O2.C6H14N2O2.C6H13NO2/c12-9(11(14)15)5-7-6-13-10-4-2-1-3-8(7)10;7-4-2-1-3-5(8)6(9)10;1-4(2)3-5(7)6(8)9/h1-4,6,9,13H,5,12H2,(H,14,15);5H,1-4,7-8H2,(H,9,10);4-5H,3,7H2,1-2H3,(H,8,9). The number of fused-ring (bicyclic) bond motifs is 1. The van der Waals surface area contributed by atoms with Crippen LogP contribution < -0.4 is 22.9 Å². The predicted octanol–water partition coefficient (Wildman–Crippen LogP) is 1.09. The zero-order valence-electron chi connectivity index (χ0n) is 19.8. The molecule has 3 unspecified atom stereocenters. The van der Waals surface area contributed by atoms with Gasteiger partial charge in [-0.15, -0.1) is 0 Å². The molecule has 12 N–H and O–H groups in total. The van der Waals surface area contributed by atoms with Crippen LogP contribution in [0.2, 0.25) is 0 Å². The molecule has 11 heteroatoms. The summed E-state index contributed by atoms with van der Waals surface area (Å²) >= 11 is 0. The number of nitrogens with two attached hydrogens (primary N) is 4. The summed E-state index contributed by atoms with van der Waals surface area (Å²) in [5.74, 6) is -2.46. The molecule has 2 aromatic rings. The number of rotatable bonds is 11. The Kier molecular flexibility index (Phi) is 15.1. The summed E-state index contributed by atoms with van der Waals surface area (Å²) in [6.45, 7) is 4.50. The third-order valence-electron chi connectivity index (χ3n) is 4.76. The number of nitrogens with one attached hydrogen (secondary N) is 1. The molecule has 0 radical (unpaired) electrons. The van der Waals surface area contributed by atoms with E-state index >= 15 is 0 Å². The molecule has 1 heterocycles. The zero-order chi connectivity index (χ0) is 26.3. The fourth-order valence-corrected chi connectivity index (χ4v) is 2.87. The highest BCUT2D eigenvalue weighted by atomic mass is 16.4. The Labute approximate surface area is 199 Å². The highest BCUT2D eigenvalue weighted by Crippen LogP contribution is 2.18. The normalized spacial score (nSPS) is 13.1. The molecule has 0 spiro atoms. The molecule has 192 valence electrons. The number of para-hydroxylation sites is 1. The van der Waals surface area contributed by atoms with Crippen molar-refractivity contribution >= 4 is 28.8 Å². The highest BCUT2D eigenvalue weighted by Gasteiger charge is 2.14. The minimum absolute atomic E-state index is 0.347. The molecule has 11 nitrogen and oxygen atoms in total. The minimum Gasteiger partial charge on any atom is -0.480 e. The molecule has 0 fully saturated rings. The second-order valence-electron chi connectivity index (χ2n) is 8.31. The second-order valence-corrected chi connectivity index (χ2v) is 8.31. The van der Waals surface area contributed by atoms with Crippen molar-refractivity contribution in [1.29, 1.82) is 0 Å². The maximum atomic E-state index is 10.6. The number of aromatic amines is 1. The van der Waals surface area contributed by atoms with Gasteiger partial charge in [0.25, 0.3) is 0 Å². The first-order chi connectivity index (χ1) is 15.9. The third-order valence-corrected chi connectivity index (χ3v) is 4.76. The molecule has 3 atom stereocenters. The number of benzene rings is 1. The van der Waals surface area contributed by atoms with Gasteiger partial charge in [0.15, 0.2) is 0 Å². The van der Waals surface area contributed by atoms with Gasteiger partial charge in [-0.25, -0.2) is 0 Å². The SMILES string of the molecule is CC(C)CC(N)C(=O)O.NC(Cc1c[nH]c2ccccc12)C(=O)O.NCCCCC(N)C(=O)O. The van der Waals surface area contributed by atoms with Gasteiger partial charge in [-0.3, -0.25) is 14.4 Å². The van der Waals surface area contributed by atoms with Crippen LogP contribution in [0.3, 0.4) is 0 Å². The van der Waals surface area contributed by atoms with Crippen LogP contribution in [0.1, 0.15) is 45.1 Å². The number of hydrogen-bond acceptors (Lipinski definition) is 7. The number of aliphatic carboxylic acids is 3. The molecular formula is C23H39N5O6. The third kappa shape index (κ3) is 12.9. The van der Waals surface area contributed by atoms with Crippen molar-refractivity contribution in [3.05, 3.63) is 36.0 Å². The molecule has 2 rings (SSSR count). The lowest BCUT2D eigenvalue weighted by Crippen LogP contribution is -2.32. The van der Waals surface area contributed by atoms with Crippen molar-refractivity contribution in [2.24, 2.45) is 28.9 Å². The van der Waals surface area contributed by atoms with Gasteiger partial charge in [0.1, 0.15) is 18.1 Å². The average Bonchev–Trinajstić information content (AvgIpc) is 3.17. The average molecular weight is 482 g/mol. The van der Waals surface area contributed by atoms with Gasteiger partial charge < -0.3 is 43.2 Å². The topological polar surface area (TPSA) is 232 Å². The van der Waals surface area contributed by atoms with E-state index in [-0.39, 0.29) is 0 Å². The van der Waals surface area contributed by atoms with Crippen LogP contribution >= 0.6 is 0 Å². The summed E-state index contributed by atoms with van der Waals surface area (Å²) in [5, 5.41) is 26.4. The van der Waals surface area contributed by atoms with Crippen LogP contribution in [0.4, 0.5) is 0 Å². The first-order valence-electron chi connectivity index (χ1n) is 11.1. The molecule has 1 aromatic carbocycles. The Morgan fingerprint density at radius 1 is 0.882 bits per heavy atom.